The van der Waals surface area contributed by atoms with Crippen LogP contribution in [0.1, 0.15) is 38.2 Å². The standard InChI is InChI=1S/C15H16ClNO3/c1-2-4-10-7-9(18)8-15(20-10)13-11(16)5-3-6-12(13)17-14(15)19/h3,5-6,10H,2,4,7-8H2,1H3,(H,17,19)/t10-,15?/m1/s1. The van der Waals surface area contributed by atoms with Gasteiger partial charge in [-0.2, -0.15) is 0 Å². The number of amides is 1. The number of fused-ring (bicyclic) bond motifs is 2. The Labute approximate surface area is 122 Å². The number of carbonyl (C=O) groups excluding carboxylic acids is 2. The zero-order valence-corrected chi connectivity index (χ0v) is 12.0. The van der Waals surface area contributed by atoms with E-state index in [4.69, 9.17) is 16.3 Å². The number of carbonyl (C=O) groups is 2. The molecular formula is C15H16ClNO3. The Balaban J connectivity index is 2.07. The molecule has 2 aliphatic rings. The molecular weight excluding hydrogens is 278 g/mol. The monoisotopic (exact) mass is 293 g/mol. The summed E-state index contributed by atoms with van der Waals surface area (Å²) in [6, 6.07) is 5.28. The van der Waals surface area contributed by atoms with E-state index in [0.717, 1.165) is 12.8 Å². The lowest BCUT2D eigenvalue weighted by Crippen LogP contribution is -2.47. The maximum absolute atomic E-state index is 12.4. The predicted molar refractivity (Wildman–Crippen MR) is 75.8 cm³/mol. The minimum atomic E-state index is -1.23. The molecule has 1 aromatic rings. The average Bonchev–Trinajstić information content (AvgIpc) is 2.63. The molecule has 1 aromatic carbocycles. The van der Waals surface area contributed by atoms with E-state index in [2.05, 4.69) is 5.32 Å². The topological polar surface area (TPSA) is 55.4 Å². The van der Waals surface area contributed by atoms with Gasteiger partial charge in [-0.15, -0.1) is 0 Å². The Morgan fingerprint density at radius 3 is 3.00 bits per heavy atom. The highest BCUT2D eigenvalue weighted by molar-refractivity contribution is 6.33. The van der Waals surface area contributed by atoms with Gasteiger partial charge in [0.05, 0.1) is 6.10 Å². The maximum Gasteiger partial charge on any atom is 0.261 e. The molecule has 4 nitrogen and oxygen atoms in total. The van der Waals surface area contributed by atoms with Gasteiger partial charge in [-0.3, -0.25) is 9.59 Å². The smallest absolute Gasteiger partial charge is 0.261 e. The summed E-state index contributed by atoms with van der Waals surface area (Å²) < 4.78 is 6.05. The highest BCUT2D eigenvalue weighted by atomic mass is 35.5. The van der Waals surface area contributed by atoms with Crippen LogP contribution in [0, 0.1) is 0 Å². The minimum Gasteiger partial charge on any atom is -0.356 e. The van der Waals surface area contributed by atoms with E-state index in [9.17, 15) is 9.59 Å². The molecule has 2 atom stereocenters. The maximum atomic E-state index is 12.4. The molecule has 2 aliphatic heterocycles. The van der Waals surface area contributed by atoms with Crippen molar-refractivity contribution in [3.05, 3.63) is 28.8 Å². The van der Waals surface area contributed by atoms with Crippen molar-refractivity contribution in [2.24, 2.45) is 0 Å². The number of halogens is 1. The van der Waals surface area contributed by atoms with E-state index in [1.807, 2.05) is 6.92 Å². The summed E-state index contributed by atoms with van der Waals surface area (Å²) in [5, 5.41) is 3.25. The zero-order valence-electron chi connectivity index (χ0n) is 11.2. The second-order valence-electron chi connectivity index (χ2n) is 5.39. The third-order valence-electron chi connectivity index (χ3n) is 3.91. The molecule has 1 unspecified atom stereocenters. The molecule has 0 radical (unpaired) electrons. The fourth-order valence-corrected chi connectivity index (χ4v) is 3.44. The van der Waals surface area contributed by atoms with Crippen molar-refractivity contribution >= 4 is 29.0 Å². The highest BCUT2D eigenvalue weighted by Gasteiger charge is 2.54. The average molecular weight is 294 g/mol. The predicted octanol–water partition coefficient (Wildman–Crippen LogP) is 3.04. The molecule has 1 N–H and O–H groups in total. The van der Waals surface area contributed by atoms with Crippen LogP contribution < -0.4 is 5.32 Å². The van der Waals surface area contributed by atoms with Crippen LogP contribution in [0.15, 0.2) is 18.2 Å². The van der Waals surface area contributed by atoms with Gasteiger partial charge in [0, 0.05) is 29.1 Å². The fraction of sp³-hybridized carbons (Fsp3) is 0.467. The van der Waals surface area contributed by atoms with Gasteiger partial charge < -0.3 is 10.1 Å². The second-order valence-corrected chi connectivity index (χ2v) is 5.80. The van der Waals surface area contributed by atoms with Crippen molar-refractivity contribution in [2.75, 3.05) is 5.32 Å². The van der Waals surface area contributed by atoms with Crippen LogP contribution >= 0.6 is 11.6 Å². The van der Waals surface area contributed by atoms with Crippen molar-refractivity contribution in [1.82, 2.24) is 0 Å². The second kappa shape index (κ2) is 4.86. The van der Waals surface area contributed by atoms with Gasteiger partial charge in [0.2, 0.25) is 0 Å². The Morgan fingerprint density at radius 2 is 2.25 bits per heavy atom. The first kappa shape index (κ1) is 13.6. The van der Waals surface area contributed by atoms with Crippen molar-refractivity contribution in [3.63, 3.8) is 0 Å². The minimum absolute atomic E-state index is 0.0534. The van der Waals surface area contributed by atoms with E-state index in [-0.39, 0.29) is 24.2 Å². The number of hydrogen-bond donors (Lipinski definition) is 1. The number of ether oxygens (including phenoxy) is 1. The van der Waals surface area contributed by atoms with Gasteiger partial charge in [-0.25, -0.2) is 0 Å². The van der Waals surface area contributed by atoms with E-state index >= 15 is 0 Å². The van der Waals surface area contributed by atoms with Crippen molar-refractivity contribution in [2.45, 2.75) is 44.3 Å². The Kier molecular flexibility index (Phi) is 3.30. The number of anilines is 1. The Morgan fingerprint density at radius 1 is 1.45 bits per heavy atom. The Hall–Kier alpha value is -1.39. The van der Waals surface area contributed by atoms with Crippen LogP contribution in [0.5, 0.6) is 0 Å². The number of hydrogen-bond acceptors (Lipinski definition) is 3. The van der Waals surface area contributed by atoms with E-state index in [1.54, 1.807) is 18.2 Å². The summed E-state index contributed by atoms with van der Waals surface area (Å²) in [5.74, 6) is -0.229. The van der Waals surface area contributed by atoms with Crippen LogP contribution in [0.25, 0.3) is 0 Å². The molecule has 3 rings (SSSR count). The molecule has 106 valence electrons. The van der Waals surface area contributed by atoms with Gasteiger partial charge in [-0.05, 0) is 18.6 Å². The number of ketones is 1. The number of Topliss-reactive ketones (excluding diaryl/α,β-unsaturated/α-hetero) is 1. The first-order chi connectivity index (χ1) is 9.56. The van der Waals surface area contributed by atoms with Crippen LogP contribution in [0.4, 0.5) is 5.69 Å². The molecule has 1 fully saturated rings. The molecule has 0 aromatic heterocycles. The van der Waals surface area contributed by atoms with Crippen molar-refractivity contribution < 1.29 is 14.3 Å². The molecule has 1 amide bonds. The van der Waals surface area contributed by atoms with E-state index < -0.39 is 5.60 Å². The summed E-state index contributed by atoms with van der Waals surface area (Å²) in [5.41, 5.74) is 0.0244. The van der Waals surface area contributed by atoms with E-state index in [0.29, 0.717) is 22.7 Å². The summed E-state index contributed by atoms with van der Waals surface area (Å²) >= 11 is 6.25. The third-order valence-corrected chi connectivity index (χ3v) is 4.23. The van der Waals surface area contributed by atoms with Crippen molar-refractivity contribution in [3.8, 4) is 0 Å². The van der Waals surface area contributed by atoms with E-state index in [1.165, 1.54) is 0 Å². The molecule has 0 bridgehead atoms. The largest absolute Gasteiger partial charge is 0.356 e. The summed E-state index contributed by atoms with van der Waals surface area (Å²) in [7, 11) is 0. The first-order valence-corrected chi connectivity index (χ1v) is 7.24. The van der Waals surface area contributed by atoms with Gasteiger partial charge in [0.1, 0.15) is 5.78 Å². The summed E-state index contributed by atoms with van der Waals surface area (Å²) in [4.78, 5) is 24.5. The summed E-state index contributed by atoms with van der Waals surface area (Å²) in [6.45, 7) is 2.03. The molecule has 1 saturated heterocycles. The normalized spacial score (nSPS) is 28.6. The number of nitrogens with one attached hydrogen (secondary N) is 1. The van der Waals surface area contributed by atoms with Crippen LogP contribution in [-0.4, -0.2) is 17.8 Å². The number of rotatable bonds is 2. The molecule has 1 spiro atoms. The number of benzene rings is 1. The lowest BCUT2D eigenvalue weighted by molar-refractivity contribution is -0.170. The van der Waals surface area contributed by atoms with Crippen LogP contribution in [0.3, 0.4) is 0 Å². The van der Waals surface area contributed by atoms with Gasteiger partial charge >= 0.3 is 0 Å². The van der Waals surface area contributed by atoms with Gasteiger partial charge in [-0.1, -0.05) is 31.0 Å². The van der Waals surface area contributed by atoms with Crippen molar-refractivity contribution in [1.29, 1.82) is 0 Å². The van der Waals surface area contributed by atoms with Crippen LogP contribution in [0.2, 0.25) is 5.02 Å². The van der Waals surface area contributed by atoms with Gasteiger partial charge in [0.25, 0.3) is 5.91 Å². The quantitative estimate of drug-likeness (QED) is 0.912. The highest BCUT2D eigenvalue weighted by Crippen LogP contribution is 2.48. The summed E-state index contributed by atoms with van der Waals surface area (Å²) in [6.07, 6.45) is 1.90. The van der Waals surface area contributed by atoms with Crippen LogP contribution in [-0.2, 0) is 19.9 Å². The van der Waals surface area contributed by atoms with Gasteiger partial charge in [0.15, 0.2) is 5.60 Å². The SMILES string of the molecule is CCC[C@@H]1CC(=O)CC2(O1)C(=O)Nc1cccc(Cl)c12. The zero-order chi connectivity index (χ0) is 14.3. The fourth-order valence-electron chi connectivity index (χ4n) is 3.11. The Bertz CT molecular complexity index is 586. The first-order valence-electron chi connectivity index (χ1n) is 6.87. The molecule has 0 aliphatic carbocycles. The molecule has 20 heavy (non-hydrogen) atoms. The lowest BCUT2D eigenvalue weighted by atomic mass is 9.84. The third kappa shape index (κ3) is 1.95. The molecule has 0 saturated carbocycles. The molecule has 2 heterocycles. The molecule has 5 heteroatoms. The lowest BCUT2D eigenvalue weighted by Gasteiger charge is -2.36.